The van der Waals surface area contributed by atoms with Gasteiger partial charge in [-0.05, 0) is 6.42 Å². The number of piperidine rings is 1. The second kappa shape index (κ2) is 5.00. The van der Waals surface area contributed by atoms with Crippen molar-refractivity contribution in [3.63, 3.8) is 0 Å². The number of fused-ring (bicyclic) bond motifs is 1. The number of nitrogens with one attached hydrogen (secondary N) is 1. The van der Waals surface area contributed by atoms with E-state index in [1.165, 1.54) is 4.90 Å². The highest BCUT2D eigenvalue weighted by Crippen LogP contribution is 2.28. The molecule has 5 atom stereocenters. The number of hydrogen-bond acceptors (Lipinski definition) is 5. The molecule has 2 amide bonds. The minimum atomic E-state index is -1.05. The Hall–Kier alpha value is -0.890. The monoisotopic (exact) mass is 259 g/mol. The molecular weight excluding hydrogens is 238 g/mol. The number of hydrogen-bond donors (Lipinski definition) is 4. The normalized spacial score (nSPS) is 40.4. The molecule has 0 bridgehead atoms. The first-order chi connectivity index (χ1) is 8.41. The largest absolute Gasteiger partial charge is 0.391 e. The van der Waals surface area contributed by atoms with Crippen LogP contribution in [-0.2, 0) is 0 Å². The van der Waals surface area contributed by atoms with Gasteiger partial charge in [0.15, 0.2) is 0 Å². The Morgan fingerprint density at radius 1 is 1.28 bits per heavy atom. The summed E-state index contributed by atoms with van der Waals surface area (Å²) >= 11 is 0. The van der Waals surface area contributed by atoms with E-state index < -0.39 is 30.4 Å². The molecule has 2 rings (SSSR count). The van der Waals surface area contributed by atoms with Crippen LogP contribution < -0.4 is 5.32 Å². The van der Waals surface area contributed by atoms with Crippen molar-refractivity contribution < 1.29 is 20.1 Å². The summed E-state index contributed by atoms with van der Waals surface area (Å²) in [6.07, 6.45) is -2.12. The van der Waals surface area contributed by atoms with Crippen LogP contribution in [0.2, 0.25) is 0 Å². The van der Waals surface area contributed by atoms with E-state index in [-0.39, 0.29) is 6.03 Å². The standard InChI is InChI=1S/C11H21N3O4/c1-13(2)11(18)12-6-5-14-4-3-7(15)8(14)10(17)9(6)16/h6-10,15-17H,3-5H2,1-2H3,(H,12,18)/t6-,7-,8?,9+,10+/m0/s1. The quantitative estimate of drug-likeness (QED) is 0.428. The molecule has 1 unspecified atom stereocenters. The summed E-state index contributed by atoms with van der Waals surface area (Å²) in [7, 11) is 3.23. The number of carbonyl (C=O) groups excluding carboxylic acids is 1. The molecule has 2 saturated heterocycles. The van der Waals surface area contributed by atoms with E-state index in [4.69, 9.17) is 0 Å². The zero-order valence-corrected chi connectivity index (χ0v) is 10.7. The molecule has 0 aliphatic carbocycles. The number of urea groups is 1. The third-order valence-corrected chi connectivity index (χ3v) is 3.79. The fourth-order valence-corrected chi connectivity index (χ4v) is 2.74. The van der Waals surface area contributed by atoms with E-state index in [9.17, 15) is 20.1 Å². The van der Waals surface area contributed by atoms with E-state index in [1.807, 2.05) is 4.90 Å². The predicted octanol–water partition coefficient (Wildman–Crippen LogP) is -2.20. The first kappa shape index (κ1) is 13.5. The Bertz CT molecular complexity index is 325. The molecule has 2 aliphatic heterocycles. The first-order valence-electron chi connectivity index (χ1n) is 6.18. The molecule has 0 spiro atoms. The highest BCUT2D eigenvalue weighted by molar-refractivity contribution is 5.74. The van der Waals surface area contributed by atoms with Crippen LogP contribution in [0.25, 0.3) is 0 Å². The zero-order chi connectivity index (χ0) is 13.4. The van der Waals surface area contributed by atoms with Gasteiger partial charge in [0.1, 0.15) is 6.10 Å². The zero-order valence-electron chi connectivity index (χ0n) is 10.7. The van der Waals surface area contributed by atoms with Crippen molar-refractivity contribution in [3.05, 3.63) is 0 Å². The van der Waals surface area contributed by atoms with Gasteiger partial charge in [-0.3, -0.25) is 4.90 Å². The van der Waals surface area contributed by atoms with Crippen LogP contribution in [-0.4, -0.2) is 88.7 Å². The smallest absolute Gasteiger partial charge is 0.317 e. The lowest BCUT2D eigenvalue weighted by molar-refractivity contribution is -0.0995. The van der Waals surface area contributed by atoms with Crippen molar-refractivity contribution >= 4 is 6.03 Å². The molecule has 4 N–H and O–H groups in total. The van der Waals surface area contributed by atoms with Crippen molar-refractivity contribution in [1.82, 2.24) is 15.1 Å². The molecule has 0 aromatic rings. The fraction of sp³-hybridized carbons (Fsp3) is 0.909. The molecule has 2 aliphatic rings. The first-order valence-corrected chi connectivity index (χ1v) is 6.18. The maximum atomic E-state index is 11.6. The molecule has 18 heavy (non-hydrogen) atoms. The van der Waals surface area contributed by atoms with Crippen molar-refractivity contribution in [2.75, 3.05) is 27.2 Å². The van der Waals surface area contributed by atoms with Crippen molar-refractivity contribution in [1.29, 1.82) is 0 Å². The van der Waals surface area contributed by atoms with Crippen molar-refractivity contribution in [3.8, 4) is 0 Å². The fourth-order valence-electron chi connectivity index (χ4n) is 2.74. The van der Waals surface area contributed by atoms with Crippen LogP contribution in [0.15, 0.2) is 0 Å². The average Bonchev–Trinajstić information content (AvgIpc) is 2.67. The second-order valence-corrected chi connectivity index (χ2v) is 5.27. The maximum absolute atomic E-state index is 11.6. The topological polar surface area (TPSA) is 96.3 Å². The highest BCUT2D eigenvalue weighted by Gasteiger charge is 2.48. The second-order valence-electron chi connectivity index (χ2n) is 5.27. The average molecular weight is 259 g/mol. The lowest BCUT2D eigenvalue weighted by Crippen LogP contribution is -2.66. The highest BCUT2D eigenvalue weighted by atomic mass is 16.3. The van der Waals surface area contributed by atoms with Gasteiger partial charge < -0.3 is 25.5 Å². The van der Waals surface area contributed by atoms with Crippen LogP contribution in [0.5, 0.6) is 0 Å². The summed E-state index contributed by atoms with van der Waals surface area (Å²) < 4.78 is 0. The predicted molar refractivity (Wildman–Crippen MR) is 64.0 cm³/mol. The van der Waals surface area contributed by atoms with Crippen LogP contribution in [0, 0.1) is 0 Å². The van der Waals surface area contributed by atoms with Gasteiger partial charge in [-0.1, -0.05) is 0 Å². The number of amides is 2. The Labute approximate surface area is 106 Å². The van der Waals surface area contributed by atoms with Crippen molar-refractivity contribution in [2.45, 2.75) is 36.8 Å². The number of aliphatic hydroxyl groups is 3. The van der Waals surface area contributed by atoms with Crippen LogP contribution in [0.4, 0.5) is 4.79 Å². The van der Waals surface area contributed by atoms with Crippen molar-refractivity contribution in [2.24, 2.45) is 0 Å². The lowest BCUT2D eigenvalue weighted by Gasteiger charge is -2.43. The molecule has 7 heteroatoms. The van der Waals surface area contributed by atoms with Crippen LogP contribution >= 0.6 is 0 Å². The van der Waals surface area contributed by atoms with E-state index in [0.29, 0.717) is 19.5 Å². The number of aliphatic hydroxyl groups excluding tert-OH is 3. The minimum absolute atomic E-state index is 0.301. The maximum Gasteiger partial charge on any atom is 0.317 e. The minimum Gasteiger partial charge on any atom is -0.391 e. The lowest BCUT2D eigenvalue weighted by atomic mass is 9.91. The van der Waals surface area contributed by atoms with E-state index in [1.54, 1.807) is 14.1 Å². The number of rotatable bonds is 1. The molecule has 2 fully saturated rings. The summed E-state index contributed by atoms with van der Waals surface area (Å²) in [4.78, 5) is 14.9. The molecule has 0 aromatic heterocycles. The molecular formula is C11H21N3O4. The van der Waals surface area contributed by atoms with Gasteiger partial charge >= 0.3 is 6.03 Å². The Balaban J connectivity index is 2.04. The SMILES string of the molecule is CN(C)C(=O)N[C@H]1CN2CC[C@H](O)C2[C@@H](O)[C@@H]1O. The summed E-state index contributed by atoms with van der Waals surface area (Å²) in [6.45, 7) is 1.11. The molecule has 104 valence electrons. The van der Waals surface area contributed by atoms with Gasteiger partial charge in [0.05, 0.1) is 24.3 Å². The summed E-state index contributed by atoms with van der Waals surface area (Å²) in [5, 5.41) is 32.5. The molecule has 0 saturated carbocycles. The number of nitrogens with zero attached hydrogens (tertiary/aromatic N) is 2. The van der Waals surface area contributed by atoms with Gasteiger partial charge in [0.2, 0.25) is 0 Å². The molecule has 2 heterocycles. The summed E-state index contributed by atoms with van der Waals surface area (Å²) in [5.41, 5.74) is 0. The Kier molecular flexibility index (Phi) is 3.76. The Morgan fingerprint density at radius 2 is 1.94 bits per heavy atom. The van der Waals surface area contributed by atoms with Crippen LogP contribution in [0.1, 0.15) is 6.42 Å². The van der Waals surface area contributed by atoms with E-state index in [2.05, 4.69) is 5.32 Å². The van der Waals surface area contributed by atoms with Gasteiger partial charge in [0, 0.05) is 27.2 Å². The Morgan fingerprint density at radius 3 is 2.56 bits per heavy atom. The third-order valence-electron chi connectivity index (χ3n) is 3.79. The molecule has 0 radical (unpaired) electrons. The van der Waals surface area contributed by atoms with Crippen LogP contribution in [0.3, 0.4) is 0 Å². The molecule has 0 aromatic carbocycles. The third kappa shape index (κ3) is 2.31. The van der Waals surface area contributed by atoms with Gasteiger partial charge in [0.25, 0.3) is 0 Å². The molecule has 7 nitrogen and oxygen atoms in total. The van der Waals surface area contributed by atoms with E-state index in [0.717, 1.165) is 0 Å². The van der Waals surface area contributed by atoms with Gasteiger partial charge in [-0.2, -0.15) is 0 Å². The summed E-state index contributed by atoms with van der Waals surface area (Å²) in [6, 6.07) is -1.24. The van der Waals surface area contributed by atoms with E-state index >= 15 is 0 Å². The van der Waals surface area contributed by atoms with Gasteiger partial charge in [-0.15, -0.1) is 0 Å². The summed E-state index contributed by atoms with van der Waals surface area (Å²) in [5.74, 6) is 0. The van der Waals surface area contributed by atoms with Gasteiger partial charge in [-0.25, -0.2) is 4.79 Å². The number of carbonyl (C=O) groups is 1.